The van der Waals surface area contributed by atoms with Crippen LogP contribution in [0.2, 0.25) is 0 Å². The molecule has 1 aromatic heterocycles. The lowest BCUT2D eigenvalue weighted by molar-refractivity contribution is -0.141. The van der Waals surface area contributed by atoms with Gasteiger partial charge >= 0.3 is 5.97 Å². The number of primary sulfonamides is 1. The van der Waals surface area contributed by atoms with E-state index in [0.29, 0.717) is 5.75 Å². The van der Waals surface area contributed by atoms with E-state index in [1.54, 1.807) is 0 Å². The molecule has 0 aliphatic carbocycles. The molecule has 0 atom stereocenters. The number of nitrogens with two attached hydrogens (primary N) is 1. The van der Waals surface area contributed by atoms with E-state index in [0.717, 1.165) is 14.6 Å². The normalized spacial score (nSPS) is 11.4. The Kier molecular flexibility index (Phi) is 6.32. The first-order valence-corrected chi connectivity index (χ1v) is 11.2. The predicted octanol–water partition coefficient (Wildman–Crippen LogP) is 2.66. The number of ether oxygens (including phenoxy) is 2. The highest BCUT2D eigenvalue weighted by Gasteiger charge is 2.09. The summed E-state index contributed by atoms with van der Waals surface area (Å²) in [4.78, 5) is 16.2. The van der Waals surface area contributed by atoms with Crippen LogP contribution in [-0.4, -0.2) is 38.3 Å². The molecule has 0 unspecified atom stereocenters. The molecule has 3 aromatic rings. The summed E-state index contributed by atoms with van der Waals surface area (Å²) >= 11 is 2.87. The molecule has 27 heavy (non-hydrogen) atoms. The van der Waals surface area contributed by atoms with Gasteiger partial charge in [0, 0.05) is 0 Å². The van der Waals surface area contributed by atoms with Crippen molar-refractivity contribution in [2.45, 2.75) is 9.24 Å². The second-order valence-electron chi connectivity index (χ2n) is 5.32. The highest BCUT2D eigenvalue weighted by molar-refractivity contribution is 8.01. The maximum atomic E-state index is 11.8. The summed E-state index contributed by atoms with van der Waals surface area (Å²) < 4.78 is 34.7. The fourth-order valence-electron chi connectivity index (χ4n) is 2.12. The number of nitrogens with zero attached hydrogens (tertiary/aromatic N) is 1. The van der Waals surface area contributed by atoms with Crippen LogP contribution in [0.15, 0.2) is 57.8 Å². The summed E-state index contributed by atoms with van der Waals surface area (Å²) in [7, 11) is -3.73. The van der Waals surface area contributed by atoms with Crippen LogP contribution < -0.4 is 9.88 Å². The fourth-order valence-corrected chi connectivity index (χ4v) is 4.50. The molecule has 2 N–H and O–H groups in total. The molecular formula is C17H16N2O5S3. The van der Waals surface area contributed by atoms with Crippen LogP contribution in [0.1, 0.15) is 0 Å². The topological polar surface area (TPSA) is 109 Å². The van der Waals surface area contributed by atoms with E-state index in [-0.39, 0.29) is 29.8 Å². The lowest BCUT2D eigenvalue weighted by Crippen LogP contribution is -2.14. The van der Waals surface area contributed by atoms with Crippen LogP contribution in [0.25, 0.3) is 10.2 Å². The second-order valence-corrected chi connectivity index (χ2v) is 9.14. The second kappa shape index (κ2) is 8.70. The van der Waals surface area contributed by atoms with E-state index in [1.807, 2.05) is 24.3 Å². The molecule has 0 aliphatic rings. The summed E-state index contributed by atoms with van der Waals surface area (Å²) in [5.74, 6) is 0.276. The number of thioether (sulfide) groups is 1. The molecule has 2 aromatic carbocycles. The van der Waals surface area contributed by atoms with Gasteiger partial charge in [0.05, 0.1) is 20.9 Å². The van der Waals surface area contributed by atoms with Crippen molar-refractivity contribution in [1.82, 2.24) is 4.98 Å². The first-order valence-electron chi connectivity index (χ1n) is 7.81. The molecular weight excluding hydrogens is 408 g/mol. The van der Waals surface area contributed by atoms with Crippen LogP contribution in [0.5, 0.6) is 5.75 Å². The van der Waals surface area contributed by atoms with E-state index in [4.69, 9.17) is 14.6 Å². The number of sulfonamides is 1. The number of esters is 1. The van der Waals surface area contributed by atoms with Gasteiger partial charge in [0.15, 0.2) is 4.34 Å². The Bertz CT molecular complexity index is 999. The Balaban J connectivity index is 1.38. The molecule has 0 spiro atoms. The monoisotopic (exact) mass is 424 g/mol. The number of aromatic nitrogens is 1. The van der Waals surface area contributed by atoms with Gasteiger partial charge in [-0.15, -0.1) is 11.3 Å². The van der Waals surface area contributed by atoms with E-state index in [2.05, 4.69) is 4.98 Å². The Hall–Kier alpha value is -2.14. The van der Waals surface area contributed by atoms with Crippen LogP contribution >= 0.6 is 23.1 Å². The largest absolute Gasteiger partial charge is 0.490 e. The maximum Gasteiger partial charge on any atom is 0.316 e. The predicted molar refractivity (Wildman–Crippen MR) is 105 cm³/mol. The summed E-state index contributed by atoms with van der Waals surface area (Å²) in [6.07, 6.45) is 0. The lowest BCUT2D eigenvalue weighted by atomic mass is 10.3. The van der Waals surface area contributed by atoms with Crippen molar-refractivity contribution in [1.29, 1.82) is 0 Å². The van der Waals surface area contributed by atoms with Crippen molar-refractivity contribution in [3.8, 4) is 5.75 Å². The number of para-hydroxylation sites is 1. The summed E-state index contributed by atoms with van der Waals surface area (Å²) in [6, 6.07) is 13.5. The zero-order valence-electron chi connectivity index (χ0n) is 14.0. The summed E-state index contributed by atoms with van der Waals surface area (Å²) in [5.41, 5.74) is 0.917. The zero-order valence-corrected chi connectivity index (χ0v) is 16.5. The maximum absolute atomic E-state index is 11.8. The van der Waals surface area contributed by atoms with E-state index in [9.17, 15) is 13.2 Å². The first-order chi connectivity index (χ1) is 12.9. The molecule has 0 fully saturated rings. The number of thiazole rings is 1. The molecule has 142 valence electrons. The van der Waals surface area contributed by atoms with Crippen LogP contribution in [0, 0.1) is 0 Å². The molecule has 0 saturated carbocycles. The van der Waals surface area contributed by atoms with Gasteiger partial charge in [-0.05, 0) is 36.4 Å². The minimum Gasteiger partial charge on any atom is -0.490 e. The van der Waals surface area contributed by atoms with Crippen LogP contribution in [0.4, 0.5) is 0 Å². The van der Waals surface area contributed by atoms with Gasteiger partial charge in [-0.3, -0.25) is 4.79 Å². The molecule has 0 aliphatic heterocycles. The van der Waals surface area contributed by atoms with E-state index in [1.165, 1.54) is 47.4 Å². The number of carbonyl (C=O) groups excluding carboxylic acids is 1. The van der Waals surface area contributed by atoms with E-state index < -0.39 is 10.0 Å². The Morgan fingerprint density at radius 2 is 1.85 bits per heavy atom. The number of hydrogen-bond acceptors (Lipinski definition) is 8. The summed E-state index contributed by atoms with van der Waals surface area (Å²) in [5, 5.41) is 5.02. The lowest BCUT2D eigenvalue weighted by Gasteiger charge is -2.07. The number of benzene rings is 2. The smallest absolute Gasteiger partial charge is 0.316 e. The quantitative estimate of drug-likeness (QED) is 0.336. The van der Waals surface area contributed by atoms with Crippen molar-refractivity contribution in [2.24, 2.45) is 5.14 Å². The Labute approximate surface area is 164 Å². The third-order valence-corrected chi connectivity index (χ3v) is 6.44. The van der Waals surface area contributed by atoms with E-state index >= 15 is 0 Å². The minimum absolute atomic E-state index is 0.00755. The fraction of sp³-hybridized carbons (Fsp3) is 0.176. The number of rotatable bonds is 8. The van der Waals surface area contributed by atoms with Crippen molar-refractivity contribution >= 4 is 49.3 Å². The molecule has 0 bridgehead atoms. The molecule has 0 amide bonds. The van der Waals surface area contributed by atoms with Crippen molar-refractivity contribution in [3.05, 3.63) is 48.5 Å². The van der Waals surface area contributed by atoms with Gasteiger partial charge in [0.25, 0.3) is 0 Å². The Morgan fingerprint density at radius 1 is 1.11 bits per heavy atom. The van der Waals surface area contributed by atoms with Gasteiger partial charge in [-0.1, -0.05) is 23.9 Å². The van der Waals surface area contributed by atoms with Crippen molar-refractivity contribution in [2.75, 3.05) is 19.0 Å². The number of fused-ring (bicyclic) bond motifs is 1. The molecule has 0 radical (unpaired) electrons. The highest BCUT2D eigenvalue weighted by Crippen LogP contribution is 2.29. The standard InChI is InChI=1S/C17H16N2O5S3/c18-27(21,22)13-7-5-12(6-8-13)23-9-10-24-16(20)11-25-17-19-14-3-1-2-4-15(14)26-17/h1-8H,9-11H2,(H2,18,21,22). The van der Waals surface area contributed by atoms with Crippen molar-refractivity contribution < 1.29 is 22.7 Å². The van der Waals surface area contributed by atoms with Crippen LogP contribution in [-0.2, 0) is 19.6 Å². The molecule has 3 rings (SSSR count). The number of carbonyl (C=O) groups is 1. The highest BCUT2D eigenvalue weighted by atomic mass is 32.2. The van der Waals surface area contributed by atoms with Gasteiger partial charge in [0.1, 0.15) is 19.0 Å². The Morgan fingerprint density at radius 3 is 2.56 bits per heavy atom. The molecule has 1 heterocycles. The first kappa shape index (κ1) is 19.6. The molecule has 10 heteroatoms. The van der Waals surface area contributed by atoms with Gasteiger partial charge in [0.2, 0.25) is 10.0 Å². The third kappa shape index (κ3) is 5.67. The number of hydrogen-bond donors (Lipinski definition) is 1. The zero-order chi connectivity index (χ0) is 19.3. The third-order valence-electron chi connectivity index (χ3n) is 3.36. The van der Waals surface area contributed by atoms with Gasteiger partial charge < -0.3 is 9.47 Å². The molecule has 0 saturated heterocycles. The van der Waals surface area contributed by atoms with Gasteiger partial charge in [-0.25, -0.2) is 18.5 Å². The average molecular weight is 425 g/mol. The summed E-state index contributed by atoms with van der Waals surface area (Å²) in [6.45, 7) is 0.252. The minimum atomic E-state index is -3.73. The van der Waals surface area contributed by atoms with Crippen molar-refractivity contribution in [3.63, 3.8) is 0 Å². The SMILES string of the molecule is NS(=O)(=O)c1ccc(OCCOC(=O)CSc2nc3ccccc3s2)cc1. The molecule has 7 nitrogen and oxygen atoms in total. The average Bonchev–Trinajstić information content (AvgIpc) is 3.06. The van der Waals surface area contributed by atoms with Gasteiger partial charge in [-0.2, -0.15) is 0 Å². The van der Waals surface area contributed by atoms with Crippen LogP contribution in [0.3, 0.4) is 0 Å².